The van der Waals surface area contributed by atoms with Crippen LogP contribution in [-0.4, -0.2) is 55.2 Å². The predicted molar refractivity (Wildman–Crippen MR) is 135 cm³/mol. The number of halogens is 1. The molecule has 1 aliphatic rings. The van der Waals surface area contributed by atoms with Gasteiger partial charge in [0.1, 0.15) is 0 Å². The van der Waals surface area contributed by atoms with Crippen LogP contribution < -0.4 is 4.74 Å². The van der Waals surface area contributed by atoms with Gasteiger partial charge in [-0.05, 0) is 43.5 Å². The van der Waals surface area contributed by atoms with E-state index >= 15 is 0 Å². The smallest absolute Gasteiger partial charge is 0.219 e. The van der Waals surface area contributed by atoms with Crippen LogP contribution in [0.25, 0.3) is 10.9 Å². The maximum Gasteiger partial charge on any atom is 0.219 e. The fraction of sp³-hybridized carbons (Fsp3) is 0.385. The van der Waals surface area contributed by atoms with Crippen molar-refractivity contribution in [3.05, 3.63) is 75.3 Å². The molecule has 1 fully saturated rings. The van der Waals surface area contributed by atoms with Crippen molar-refractivity contribution in [2.24, 2.45) is 13.0 Å². The number of nitrogens with zero attached hydrogens (tertiary/aromatic N) is 6. The van der Waals surface area contributed by atoms with E-state index in [9.17, 15) is 5.11 Å². The molecule has 0 spiro atoms. The first-order valence-electron chi connectivity index (χ1n) is 11.6. The van der Waals surface area contributed by atoms with Crippen molar-refractivity contribution in [1.29, 1.82) is 0 Å². The highest BCUT2D eigenvalue weighted by Gasteiger charge is 2.39. The highest BCUT2D eigenvalue weighted by molar-refractivity contribution is 6.36. The lowest BCUT2D eigenvalue weighted by Crippen LogP contribution is -2.44. The summed E-state index contributed by atoms with van der Waals surface area (Å²) < 4.78 is 7.18. The number of hydrogen-bond acceptors (Lipinski definition) is 7. The molecule has 0 aliphatic carbocycles. The summed E-state index contributed by atoms with van der Waals surface area (Å²) in [5.41, 5.74) is 3.40. The Bertz CT molecular complexity index is 1410. The number of ether oxygens (including phenoxy) is 1. The van der Waals surface area contributed by atoms with E-state index in [0.717, 1.165) is 35.4 Å². The molecule has 5 rings (SSSR count). The number of hydrogen-bond donors (Lipinski definition) is 1. The molecule has 1 atom stereocenters. The summed E-state index contributed by atoms with van der Waals surface area (Å²) in [7, 11) is 3.37. The molecule has 0 radical (unpaired) electrons. The van der Waals surface area contributed by atoms with E-state index in [1.165, 1.54) is 0 Å². The van der Waals surface area contributed by atoms with Crippen molar-refractivity contribution in [2.45, 2.75) is 32.9 Å². The normalized spacial score (nSPS) is 16.3. The number of aryl methyl sites for hydroxylation is 3. The lowest BCUT2D eigenvalue weighted by Gasteiger charge is -2.37. The van der Waals surface area contributed by atoms with E-state index in [4.69, 9.17) is 21.3 Å². The maximum absolute atomic E-state index is 12.4. The average molecular weight is 493 g/mol. The van der Waals surface area contributed by atoms with Gasteiger partial charge in [0.05, 0.1) is 29.5 Å². The molecule has 1 aromatic carbocycles. The highest BCUT2D eigenvalue weighted by atomic mass is 35.5. The first-order valence-corrected chi connectivity index (χ1v) is 12.0. The fourth-order valence-electron chi connectivity index (χ4n) is 5.08. The van der Waals surface area contributed by atoms with E-state index in [1.807, 2.05) is 44.2 Å². The van der Waals surface area contributed by atoms with Crippen LogP contribution in [0.3, 0.4) is 0 Å². The predicted octanol–water partition coefficient (Wildman–Crippen LogP) is 3.77. The van der Waals surface area contributed by atoms with E-state index in [-0.39, 0.29) is 0 Å². The lowest BCUT2D eigenvalue weighted by atomic mass is 9.82. The topological polar surface area (TPSA) is 89.2 Å². The van der Waals surface area contributed by atoms with Crippen LogP contribution in [0.5, 0.6) is 5.88 Å². The summed E-state index contributed by atoms with van der Waals surface area (Å²) in [4.78, 5) is 11.7. The number of fused-ring (bicyclic) bond motifs is 1. The van der Waals surface area contributed by atoms with Gasteiger partial charge in [-0.3, -0.25) is 9.88 Å². The second kappa shape index (κ2) is 8.86. The quantitative estimate of drug-likeness (QED) is 0.438. The van der Waals surface area contributed by atoms with Crippen LogP contribution >= 0.6 is 11.6 Å². The minimum Gasteiger partial charge on any atom is -0.481 e. The third-order valence-electron chi connectivity index (χ3n) is 6.81. The fourth-order valence-corrected chi connectivity index (χ4v) is 5.37. The summed E-state index contributed by atoms with van der Waals surface area (Å²) in [5, 5.41) is 21.8. The minimum atomic E-state index is -1.55. The SMILES string of the molecule is COc1nc2ccc(C(O)(c3ccc(C)nc3C)c3cnnn3C)cc2c(Cl)c1CN1CC(C)C1. The average Bonchev–Trinajstić information content (AvgIpc) is 3.25. The molecule has 1 saturated heterocycles. The zero-order valence-corrected chi connectivity index (χ0v) is 21.3. The Balaban J connectivity index is 1.71. The van der Waals surface area contributed by atoms with Crippen LogP contribution in [0, 0.1) is 19.8 Å². The summed E-state index contributed by atoms with van der Waals surface area (Å²) >= 11 is 6.99. The maximum atomic E-state index is 12.4. The zero-order chi connectivity index (χ0) is 24.9. The van der Waals surface area contributed by atoms with Gasteiger partial charge in [0.2, 0.25) is 5.88 Å². The van der Waals surface area contributed by atoms with E-state index < -0.39 is 5.60 Å². The van der Waals surface area contributed by atoms with Crippen molar-refractivity contribution in [2.75, 3.05) is 20.2 Å². The molecular weight excluding hydrogens is 464 g/mol. The molecule has 1 unspecified atom stereocenters. The third-order valence-corrected chi connectivity index (χ3v) is 7.24. The van der Waals surface area contributed by atoms with Gasteiger partial charge in [0, 0.05) is 54.6 Å². The zero-order valence-electron chi connectivity index (χ0n) is 20.6. The van der Waals surface area contributed by atoms with Gasteiger partial charge in [-0.25, -0.2) is 9.67 Å². The summed E-state index contributed by atoms with van der Waals surface area (Å²) in [6, 6.07) is 9.41. The van der Waals surface area contributed by atoms with Crippen LogP contribution in [-0.2, 0) is 19.2 Å². The number of benzene rings is 1. The number of pyridine rings is 2. The standard InChI is InChI=1S/C26H29ClN6O2/c1-15-12-33(13-15)14-20-24(27)19-10-18(7-9-22(19)30-25(20)35-5)26(34,23-11-28-31-32(23)4)21-8-6-16(2)29-17(21)3/h6-11,15,34H,12-14H2,1-5H3. The number of aliphatic hydroxyl groups is 1. The Morgan fingerprint density at radius 1 is 1.17 bits per heavy atom. The monoisotopic (exact) mass is 492 g/mol. The van der Waals surface area contributed by atoms with E-state index in [1.54, 1.807) is 25.0 Å². The molecule has 1 aliphatic heterocycles. The van der Waals surface area contributed by atoms with Crippen molar-refractivity contribution < 1.29 is 9.84 Å². The molecule has 4 aromatic rings. The van der Waals surface area contributed by atoms with Crippen LogP contribution in [0.1, 0.15) is 40.7 Å². The Kier molecular flexibility index (Phi) is 5.99. The largest absolute Gasteiger partial charge is 0.481 e. The second-order valence-electron chi connectivity index (χ2n) is 9.48. The molecular formula is C26H29ClN6O2. The highest BCUT2D eigenvalue weighted by Crippen LogP contribution is 2.41. The third kappa shape index (κ3) is 3.95. The Labute approximate surface area is 209 Å². The molecule has 0 saturated carbocycles. The molecule has 4 heterocycles. The molecule has 8 nitrogen and oxygen atoms in total. The molecule has 1 N–H and O–H groups in total. The molecule has 9 heteroatoms. The molecule has 35 heavy (non-hydrogen) atoms. The first-order chi connectivity index (χ1) is 16.7. The Morgan fingerprint density at radius 2 is 1.94 bits per heavy atom. The van der Waals surface area contributed by atoms with Crippen molar-refractivity contribution in [3.8, 4) is 5.88 Å². The van der Waals surface area contributed by atoms with E-state index in [0.29, 0.717) is 45.7 Å². The van der Waals surface area contributed by atoms with Crippen molar-refractivity contribution >= 4 is 22.5 Å². The lowest BCUT2D eigenvalue weighted by molar-refractivity contribution is 0.103. The van der Waals surface area contributed by atoms with Gasteiger partial charge in [-0.2, -0.15) is 0 Å². The van der Waals surface area contributed by atoms with Gasteiger partial charge >= 0.3 is 0 Å². The van der Waals surface area contributed by atoms with Gasteiger partial charge < -0.3 is 9.84 Å². The number of aromatic nitrogens is 5. The van der Waals surface area contributed by atoms with Crippen LogP contribution in [0.2, 0.25) is 5.02 Å². The van der Waals surface area contributed by atoms with Crippen LogP contribution in [0.4, 0.5) is 0 Å². The van der Waals surface area contributed by atoms with Crippen molar-refractivity contribution in [1.82, 2.24) is 29.9 Å². The summed E-state index contributed by atoms with van der Waals surface area (Å²) in [6.45, 7) is 8.75. The summed E-state index contributed by atoms with van der Waals surface area (Å²) in [6.07, 6.45) is 1.58. The number of likely N-dealkylation sites (tertiary alicyclic amines) is 1. The van der Waals surface area contributed by atoms with Crippen LogP contribution in [0.15, 0.2) is 36.5 Å². The molecule has 182 valence electrons. The van der Waals surface area contributed by atoms with Gasteiger partial charge in [-0.15, -0.1) is 5.10 Å². The molecule has 0 amide bonds. The number of methoxy groups -OCH3 is 1. The Morgan fingerprint density at radius 3 is 2.57 bits per heavy atom. The molecule has 0 bridgehead atoms. The minimum absolute atomic E-state index is 0.526. The Hall–Kier alpha value is -3.07. The van der Waals surface area contributed by atoms with Gasteiger partial charge in [0.15, 0.2) is 5.60 Å². The molecule has 3 aromatic heterocycles. The number of rotatable bonds is 6. The van der Waals surface area contributed by atoms with Crippen molar-refractivity contribution in [3.63, 3.8) is 0 Å². The first kappa shape index (κ1) is 23.7. The van der Waals surface area contributed by atoms with Gasteiger partial charge in [-0.1, -0.05) is 35.9 Å². The second-order valence-corrected chi connectivity index (χ2v) is 9.86. The summed E-state index contributed by atoms with van der Waals surface area (Å²) in [5.74, 6) is 1.20. The van der Waals surface area contributed by atoms with E-state index in [2.05, 4.69) is 27.1 Å². The van der Waals surface area contributed by atoms with Gasteiger partial charge in [0.25, 0.3) is 0 Å².